The molecule has 13 N–H and O–H groups in total. The predicted molar refractivity (Wildman–Crippen MR) is 258 cm³/mol. The molecule has 0 saturated heterocycles. The molecule has 0 amide bonds. The Morgan fingerprint density at radius 2 is 1.16 bits per heavy atom. The number of phenolic OH excluding ortho intramolecular Hbond substituents is 1. The van der Waals surface area contributed by atoms with Crippen LogP contribution < -0.4 is 21.9 Å². The van der Waals surface area contributed by atoms with Crippen molar-refractivity contribution in [1.82, 2.24) is 0 Å². The summed E-state index contributed by atoms with van der Waals surface area (Å²) >= 11 is -2.31. The number of anilines is 4. The lowest BCUT2D eigenvalue weighted by Crippen LogP contribution is -2.15. The molecule has 0 bridgehead atoms. The van der Waals surface area contributed by atoms with E-state index in [1.807, 2.05) is 0 Å². The monoisotopic (exact) mass is 1160 g/mol. The van der Waals surface area contributed by atoms with E-state index in [0.717, 1.165) is 60.7 Å². The highest BCUT2D eigenvalue weighted by Crippen LogP contribution is 2.50. The number of nitrogens with one attached hydrogen (secondary N) is 1. The van der Waals surface area contributed by atoms with Crippen molar-refractivity contribution in [2.75, 3.05) is 33.4 Å². The molecule has 0 fully saturated rings. The molecule has 1 unspecified atom stereocenters. The van der Waals surface area contributed by atoms with Gasteiger partial charge in [-0.3, -0.25) is 18.4 Å². The molecule has 0 heterocycles. The first-order valence-electron chi connectivity index (χ1n) is 19.1. The van der Waals surface area contributed by atoms with Crippen molar-refractivity contribution in [3.05, 3.63) is 91.0 Å². The summed E-state index contributed by atoms with van der Waals surface area (Å²) in [5.74, 6) is -2.78. The van der Waals surface area contributed by atoms with Crippen molar-refractivity contribution in [3.63, 3.8) is 0 Å². The van der Waals surface area contributed by atoms with Gasteiger partial charge in [-0.1, -0.05) is 10.1 Å². The number of nitrogens with zero attached hydrogens (tertiary/aromatic N) is 6. The van der Waals surface area contributed by atoms with Gasteiger partial charge in [-0.15, -0.1) is 29.1 Å². The lowest BCUT2D eigenvalue weighted by molar-refractivity contribution is -0.434. The SMILES string of the molecule is Nc1cc(N)c(S(=O)(=O)O)cc1N=Nc1ccc(NS(=O)(=O)c2ccc(N=Nc3c(S(=O)(=O)O)cc4cc(SOOO)c(N=Nc5ccc(S(=O)(=O)CCS(=O)OOO)cc5S(=O)(=O)O)c(N)c4c3O)cc2)cc1. The number of nitrogen functional groups attached to an aromatic ring is 3. The van der Waals surface area contributed by atoms with E-state index in [2.05, 4.69) is 54.2 Å². The van der Waals surface area contributed by atoms with E-state index >= 15 is 0 Å². The predicted octanol–water partition coefficient (Wildman–Crippen LogP) is 6.37. The summed E-state index contributed by atoms with van der Waals surface area (Å²) in [6.45, 7) is 0. The number of phenols is 1. The maximum Gasteiger partial charge on any atom is 0.296 e. The van der Waals surface area contributed by atoms with E-state index in [1.54, 1.807) is 0 Å². The average Bonchev–Trinajstić information content (AvgIpc) is 3.31. The summed E-state index contributed by atoms with van der Waals surface area (Å²) < 4.78 is 177. The Labute approximate surface area is 423 Å². The highest BCUT2D eigenvalue weighted by molar-refractivity contribution is 7.94. The summed E-state index contributed by atoms with van der Waals surface area (Å²) in [7, 11) is -24.0. The molecule has 1 atom stereocenters. The Balaban J connectivity index is 1.29. The number of hydrogen-bond donors (Lipinski definition) is 10. The maximum absolute atomic E-state index is 13.3. The highest BCUT2D eigenvalue weighted by Gasteiger charge is 2.28. The Morgan fingerprint density at radius 1 is 0.595 bits per heavy atom. The Bertz CT molecular complexity index is 3890. The van der Waals surface area contributed by atoms with Gasteiger partial charge in [0, 0.05) is 5.69 Å². The third-order valence-corrected chi connectivity index (χ3v) is 16.8. The fraction of sp³-hybridized carbons (Fsp3) is 0.0556. The van der Waals surface area contributed by atoms with Gasteiger partial charge in [0.05, 0.1) is 72.1 Å². The lowest BCUT2D eigenvalue weighted by Gasteiger charge is -2.14. The molecule has 0 saturated carbocycles. The minimum atomic E-state index is -5.30. The normalized spacial score (nSPS) is 13.4. The van der Waals surface area contributed by atoms with E-state index in [9.17, 15) is 65.1 Å². The molecule has 6 aromatic carbocycles. The van der Waals surface area contributed by atoms with Crippen LogP contribution in [0.3, 0.4) is 0 Å². The summed E-state index contributed by atoms with van der Waals surface area (Å²) in [5, 5.41) is 57.7. The van der Waals surface area contributed by atoms with Crippen LogP contribution >= 0.6 is 12.0 Å². The number of fused-ring (bicyclic) bond motifs is 1. The van der Waals surface area contributed by atoms with Gasteiger partial charge in [0.1, 0.15) is 37.4 Å². The van der Waals surface area contributed by atoms with E-state index < -0.39 is 126 Å². The fourth-order valence-corrected chi connectivity index (χ4v) is 12.0. The van der Waals surface area contributed by atoms with Gasteiger partial charge in [-0.05, 0) is 96.4 Å². The van der Waals surface area contributed by atoms with Crippen LogP contribution in [0.15, 0.2) is 151 Å². The minimum absolute atomic E-state index is 0.0448. The number of sulfone groups is 1. The van der Waals surface area contributed by atoms with Gasteiger partial charge in [-0.2, -0.15) is 35.5 Å². The van der Waals surface area contributed by atoms with Crippen LogP contribution in [0.4, 0.5) is 56.9 Å². The van der Waals surface area contributed by atoms with Crippen molar-refractivity contribution in [3.8, 4) is 5.75 Å². The highest BCUT2D eigenvalue weighted by atomic mass is 32.2. The van der Waals surface area contributed by atoms with E-state index in [-0.39, 0.29) is 61.3 Å². The zero-order valence-electron chi connectivity index (χ0n) is 36.2. The average molecular weight is 1170 g/mol. The van der Waals surface area contributed by atoms with Crippen molar-refractivity contribution in [2.45, 2.75) is 29.4 Å². The molecule has 0 aliphatic heterocycles. The molecule has 0 aliphatic carbocycles. The largest absolute Gasteiger partial charge is 0.505 e. The second-order valence-electron chi connectivity index (χ2n) is 14.3. The standard InChI is InChI=1S/C36H32N10O21S7/c37-24-16-25(38)29(72(55,56)57)17-27(24)43-40-19-1-3-21(4-2-19)46-71(53,54)22-7-5-20(6-8-22)41-45-35-31(74(61,62)63)14-18-13-28(68-66-64-48)34(33(39)32(18)36(35)47)44-42-26-10-9-23(15-30(26)73(58,59)60)70(51,52)12-11-69(50)67-65-49/h1-10,13-17,46-49H,11-12,37-39H2,(H,55,56,57)(H,58,59,60)(H,61,62,63). The van der Waals surface area contributed by atoms with E-state index in [4.69, 9.17) is 27.7 Å². The van der Waals surface area contributed by atoms with E-state index in [1.165, 1.54) is 24.3 Å². The third-order valence-electron chi connectivity index (χ3n) is 9.44. The van der Waals surface area contributed by atoms with Crippen molar-refractivity contribution in [1.29, 1.82) is 0 Å². The molecule has 38 heteroatoms. The summed E-state index contributed by atoms with van der Waals surface area (Å²) in [6.07, 6.45) is 0. The molecule has 0 aliphatic rings. The Kier molecular flexibility index (Phi) is 17.1. The van der Waals surface area contributed by atoms with Crippen LogP contribution in [-0.4, -0.2) is 87.1 Å². The Morgan fingerprint density at radius 3 is 1.76 bits per heavy atom. The van der Waals surface area contributed by atoms with Crippen LogP contribution in [0.5, 0.6) is 5.75 Å². The number of rotatable bonds is 21. The first-order chi connectivity index (χ1) is 34.5. The van der Waals surface area contributed by atoms with E-state index in [0.29, 0.717) is 6.07 Å². The molecular formula is C36H32N10O21S7. The molecular weight excluding hydrogens is 1130 g/mol. The van der Waals surface area contributed by atoms with Gasteiger partial charge < -0.3 is 22.3 Å². The van der Waals surface area contributed by atoms with Crippen LogP contribution in [0.25, 0.3) is 10.8 Å². The van der Waals surface area contributed by atoms with Crippen molar-refractivity contribution < 1.29 is 94.3 Å². The number of sulfonamides is 1. The van der Waals surface area contributed by atoms with Gasteiger partial charge >= 0.3 is 0 Å². The smallest absolute Gasteiger partial charge is 0.296 e. The van der Waals surface area contributed by atoms with Crippen LogP contribution in [0, 0.1) is 0 Å². The van der Waals surface area contributed by atoms with Gasteiger partial charge in [0.15, 0.2) is 26.7 Å². The molecule has 394 valence electrons. The molecule has 6 rings (SSSR count). The van der Waals surface area contributed by atoms with Crippen molar-refractivity contribution in [2.24, 2.45) is 30.7 Å². The number of aromatic hydroxyl groups is 1. The lowest BCUT2D eigenvalue weighted by atomic mass is 10.1. The van der Waals surface area contributed by atoms with Crippen LogP contribution in [0.1, 0.15) is 0 Å². The van der Waals surface area contributed by atoms with Crippen molar-refractivity contribution >= 4 is 141 Å². The first kappa shape index (κ1) is 56.6. The topological polar surface area (TPSA) is 510 Å². The summed E-state index contributed by atoms with van der Waals surface area (Å²) in [6, 6.07) is 15.5. The van der Waals surface area contributed by atoms with Gasteiger partial charge in [-0.25, -0.2) is 31.6 Å². The molecule has 0 radical (unpaired) electrons. The second-order valence-corrected chi connectivity index (χ2v) is 24.1. The van der Waals surface area contributed by atoms with Gasteiger partial charge in [0.2, 0.25) is 0 Å². The molecule has 6 aromatic rings. The quantitative estimate of drug-likeness (QED) is 0.00934. The molecule has 31 nitrogen and oxygen atoms in total. The maximum atomic E-state index is 13.3. The zero-order valence-corrected chi connectivity index (χ0v) is 41.9. The number of hydrogen-bond acceptors (Lipinski definition) is 28. The summed E-state index contributed by atoms with van der Waals surface area (Å²) in [5.41, 5.74) is 14.5. The van der Waals surface area contributed by atoms with Gasteiger partial charge in [0.25, 0.3) is 40.4 Å². The summed E-state index contributed by atoms with van der Waals surface area (Å²) in [4.78, 5) is -4.20. The first-order valence-corrected chi connectivity index (χ1v) is 28.6. The molecule has 0 aromatic heterocycles. The Hall–Kier alpha value is -6.73. The molecule has 0 spiro atoms. The molecule has 74 heavy (non-hydrogen) atoms. The number of azo groups is 3. The number of benzene rings is 6. The second kappa shape index (κ2) is 22.4. The minimum Gasteiger partial charge on any atom is -0.505 e. The third kappa shape index (κ3) is 13.5. The fourth-order valence-electron chi connectivity index (χ4n) is 6.10. The van der Waals surface area contributed by atoms with Crippen LogP contribution in [-0.2, 0) is 80.0 Å². The zero-order chi connectivity index (χ0) is 54.6. The number of nitrogens with two attached hydrogens (primary N) is 3. The van der Waals surface area contributed by atoms with Crippen LogP contribution in [0.2, 0.25) is 0 Å².